The van der Waals surface area contributed by atoms with Crippen molar-refractivity contribution in [2.24, 2.45) is 0 Å². The monoisotopic (exact) mass is 602 g/mol. The normalized spacial score (nSPS) is 13.1. The minimum absolute atomic E-state index is 0.186. The first kappa shape index (κ1) is 28.5. The maximum absolute atomic E-state index is 15.0. The highest BCUT2D eigenvalue weighted by molar-refractivity contribution is 7.92. The van der Waals surface area contributed by atoms with E-state index in [9.17, 15) is 31.0 Å². The van der Waals surface area contributed by atoms with E-state index in [1.165, 1.54) is 0 Å². The number of sulfonamides is 1. The number of nitriles is 1. The van der Waals surface area contributed by atoms with Crippen LogP contribution in [0.1, 0.15) is 5.56 Å². The number of hydrogen-bond donors (Lipinski definition) is 2. The summed E-state index contributed by atoms with van der Waals surface area (Å²) in [6, 6.07) is 10.1. The summed E-state index contributed by atoms with van der Waals surface area (Å²) in [5.74, 6) is -6.98. The smallest absolute Gasteiger partial charge is 0.391 e. The number of ether oxygens (including phenoxy) is 1. The average molecular weight is 603 g/mol. The molecule has 0 aliphatic carbocycles. The van der Waals surface area contributed by atoms with Crippen LogP contribution in [-0.2, 0) is 21.1 Å². The summed E-state index contributed by atoms with van der Waals surface area (Å²) >= 11 is 0.249. The van der Waals surface area contributed by atoms with Gasteiger partial charge in [-0.15, -0.1) is 11.3 Å². The van der Waals surface area contributed by atoms with Crippen molar-refractivity contribution in [1.29, 1.82) is 5.26 Å². The molecule has 204 valence electrons. The third-order valence-electron chi connectivity index (χ3n) is 5.14. The van der Waals surface area contributed by atoms with E-state index in [4.69, 9.17) is 14.5 Å². The van der Waals surface area contributed by atoms with Gasteiger partial charge in [-0.05, 0) is 18.2 Å². The van der Waals surface area contributed by atoms with Crippen molar-refractivity contribution in [3.8, 4) is 17.6 Å². The van der Waals surface area contributed by atoms with Crippen LogP contribution >= 0.6 is 18.9 Å². The first-order chi connectivity index (χ1) is 18.4. The molecule has 0 fully saturated rings. The van der Waals surface area contributed by atoms with Gasteiger partial charge in [0.15, 0.2) is 36.3 Å². The molecule has 0 bridgehead atoms. The van der Waals surface area contributed by atoms with Crippen LogP contribution in [0, 0.1) is 34.6 Å². The number of hydrogen-bond acceptors (Lipinski definition) is 7. The van der Waals surface area contributed by atoms with Gasteiger partial charge in [0.2, 0.25) is 5.82 Å². The molecule has 0 spiro atoms. The summed E-state index contributed by atoms with van der Waals surface area (Å²) in [7, 11) is -9.39. The van der Waals surface area contributed by atoms with Crippen molar-refractivity contribution in [1.82, 2.24) is 4.72 Å². The molecule has 39 heavy (non-hydrogen) atoms. The van der Waals surface area contributed by atoms with Gasteiger partial charge < -0.3 is 14.2 Å². The molecule has 2 heterocycles. The zero-order chi connectivity index (χ0) is 28.4. The highest BCUT2D eigenvalue weighted by Crippen LogP contribution is 2.43. The van der Waals surface area contributed by atoms with Crippen molar-refractivity contribution in [3.63, 3.8) is 0 Å². The summed E-state index contributed by atoms with van der Waals surface area (Å²) in [6.45, 7) is -0.0355. The molecule has 9 nitrogen and oxygen atoms in total. The number of thiophene rings is 1. The molecule has 2 N–H and O–H groups in total. The molecule has 4 rings (SSSR count). The zero-order valence-corrected chi connectivity index (χ0v) is 22.0. The van der Waals surface area contributed by atoms with E-state index in [2.05, 4.69) is 0 Å². The summed E-state index contributed by atoms with van der Waals surface area (Å²) in [5.41, 5.74) is -0.347. The number of nitrogens with one attached hydrogen (secondary N) is 1. The van der Waals surface area contributed by atoms with Crippen LogP contribution in [0.3, 0.4) is 0 Å². The third-order valence-corrected chi connectivity index (χ3v) is 9.41. The lowest BCUT2D eigenvalue weighted by atomic mass is 10.2. The van der Waals surface area contributed by atoms with Gasteiger partial charge in [0, 0.05) is 23.6 Å². The van der Waals surface area contributed by atoms with Crippen LogP contribution in [0.4, 0.5) is 17.6 Å². The van der Waals surface area contributed by atoms with E-state index in [0.29, 0.717) is 12.1 Å². The fourth-order valence-corrected chi connectivity index (χ4v) is 7.23. The van der Waals surface area contributed by atoms with Crippen LogP contribution < -0.4 is 18.5 Å². The minimum atomic E-state index is -4.75. The van der Waals surface area contributed by atoms with E-state index in [1.807, 2.05) is 0 Å². The largest absolute Gasteiger partial charge is 0.481 e. The molecular weight excluding hydrogens is 585 g/mol. The first-order valence-electron chi connectivity index (χ1n) is 10.8. The maximum Gasteiger partial charge on any atom is 0.391 e. The van der Waals surface area contributed by atoms with Crippen LogP contribution in [0.2, 0.25) is 0 Å². The second-order valence-electron chi connectivity index (χ2n) is 7.83. The molecule has 0 saturated heterocycles. The molecule has 2 aromatic carbocycles. The quantitative estimate of drug-likeness (QED) is 0.121. The predicted molar refractivity (Wildman–Crippen MR) is 131 cm³/mol. The second-order valence-corrected chi connectivity index (χ2v) is 12.6. The topological polar surface area (TPSA) is 130 Å². The zero-order valence-electron chi connectivity index (χ0n) is 19.5. The number of aromatic nitrogens is 1. The van der Waals surface area contributed by atoms with Gasteiger partial charge >= 0.3 is 7.60 Å². The SMILES string of the molecule is N#Cc1ccc(OP(=O)(O)CNS(=O)(=O)c2cc3c(F)c(F)c(OCC[n+]4ccccc4)c(F)c3s2)cc1F. The standard InChI is InChI=1S/C23H16F4N3O6PS2/c24-17-10-15(5-4-14(17)12-28)36-37(31,32)13-29-39(33,34)18-11-16-19(25)20(26)22(21(27)23(16)38-18)35-9-8-30-6-2-1-3-7-30/h1-7,10-11,29H,8-9,13H2/p+1. The molecule has 2 aromatic heterocycles. The molecule has 4 aromatic rings. The Kier molecular flexibility index (Phi) is 8.24. The Balaban J connectivity index is 1.52. The summed E-state index contributed by atoms with van der Waals surface area (Å²) in [5, 5.41) is 8.07. The van der Waals surface area contributed by atoms with E-state index >= 15 is 4.39 Å². The summed E-state index contributed by atoms with van der Waals surface area (Å²) < 4.78 is 108. The van der Waals surface area contributed by atoms with Gasteiger partial charge in [0.25, 0.3) is 10.0 Å². The van der Waals surface area contributed by atoms with E-state index in [0.717, 1.165) is 12.1 Å². The average Bonchev–Trinajstić information content (AvgIpc) is 3.36. The van der Waals surface area contributed by atoms with Gasteiger partial charge in [-0.1, -0.05) is 6.07 Å². The van der Waals surface area contributed by atoms with Gasteiger partial charge in [0.05, 0.1) is 10.3 Å². The van der Waals surface area contributed by atoms with Crippen molar-refractivity contribution in [3.05, 3.63) is 83.7 Å². The lowest BCUT2D eigenvalue weighted by Gasteiger charge is -2.14. The highest BCUT2D eigenvalue weighted by Gasteiger charge is 2.30. The van der Waals surface area contributed by atoms with Crippen LogP contribution in [0.25, 0.3) is 10.1 Å². The Bertz CT molecular complexity index is 1750. The first-order valence-corrected chi connectivity index (χ1v) is 14.9. The Morgan fingerprint density at radius 3 is 2.46 bits per heavy atom. The predicted octanol–water partition coefficient (Wildman–Crippen LogP) is 4.20. The Hall–Kier alpha value is -3.54. The Morgan fingerprint density at radius 1 is 1.08 bits per heavy atom. The molecule has 0 amide bonds. The van der Waals surface area contributed by atoms with Crippen LogP contribution in [-0.4, -0.2) is 26.2 Å². The van der Waals surface area contributed by atoms with E-state index in [-0.39, 0.29) is 30.1 Å². The minimum Gasteiger partial charge on any atom is -0.481 e. The second kappa shape index (κ2) is 11.3. The Labute approximate surface area is 223 Å². The lowest BCUT2D eigenvalue weighted by molar-refractivity contribution is -0.697. The molecule has 1 atom stereocenters. The summed E-state index contributed by atoms with van der Waals surface area (Å²) in [4.78, 5) is 10.00. The molecule has 0 aliphatic heterocycles. The van der Waals surface area contributed by atoms with E-state index in [1.54, 1.807) is 46.0 Å². The lowest BCUT2D eigenvalue weighted by Crippen LogP contribution is -2.35. The Morgan fingerprint density at radius 2 is 1.79 bits per heavy atom. The van der Waals surface area contributed by atoms with Crippen molar-refractivity contribution in [2.75, 3.05) is 12.9 Å². The number of halogens is 4. The maximum atomic E-state index is 15.0. The molecule has 16 heteroatoms. The van der Waals surface area contributed by atoms with E-state index < -0.39 is 73.0 Å². The van der Waals surface area contributed by atoms with Crippen LogP contribution in [0.5, 0.6) is 11.5 Å². The van der Waals surface area contributed by atoms with Crippen molar-refractivity contribution >= 4 is 39.0 Å². The number of fused-ring (bicyclic) bond motifs is 1. The van der Waals surface area contributed by atoms with Crippen molar-refractivity contribution < 1.29 is 49.3 Å². The number of benzene rings is 2. The molecular formula is C23H17F4N3O6PS2+. The van der Waals surface area contributed by atoms with Gasteiger partial charge in [-0.25, -0.2) is 30.7 Å². The number of nitrogens with zero attached hydrogens (tertiary/aromatic N) is 2. The number of rotatable bonds is 10. The summed E-state index contributed by atoms with van der Waals surface area (Å²) in [6.07, 6.45) is 2.17. The fraction of sp³-hybridized carbons (Fsp3) is 0.130. The van der Waals surface area contributed by atoms with Crippen molar-refractivity contribution in [2.45, 2.75) is 10.8 Å². The molecule has 1 unspecified atom stereocenters. The third kappa shape index (κ3) is 6.38. The van der Waals surface area contributed by atoms with Gasteiger partial charge in [-0.2, -0.15) is 14.4 Å². The fourth-order valence-electron chi connectivity index (χ4n) is 3.29. The molecule has 0 saturated carbocycles. The molecule has 0 radical (unpaired) electrons. The van der Waals surface area contributed by atoms with Gasteiger partial charge in [-0.3, -0.25) is 0 Å². The molecule has 0 aliphatic rings. The van der Waals surface area contributed by atoms with Crippen LogP contribution in [0.15, 0.2) is 59.1 Å². The van der Waals surface area contributed by atoms with Gasteiger partial charge in [0.1, 0.15) is 34.7 Å². The number of pyridine rings is 1. The highest BCUT2D eigenvalue weighted by atomic mass is 32.2.